The maximum absolute atomic E-state index is 13.9. The third-order valence-electron chi connectivity index (χ3n) is 6.18. The molecule has 46 heavy (non-hydrogen) atoms. The Morgan fingerprint density at radius 2 is 1.48 bits per heavy atom. The van der Waals surface area contributed by atoms with Crippen molar-refractivity contribution in [1.82, 2.24) is 0 Å². The molecule has 0 aromatic heterocycles. The van der Waals surface area contributed by atoms with Crippen LogP contribution in [0.25, 0.3) is 0 Å². The number of para-hydroxylation sites is 1. The van der Waals surface area contributed by atoms with Crippen molar-refractivity contribution >= 4 is 40.9 Å². The average Bonchev–Trinajstić information content (AvgIpc) is 2.94. The highest BCUT2D eigenvalue weighted by molar-refractivity contribution is 6.13. The molecule has 246 valence electrons. The number of hydrogen-bond acceptors (Lipinski definition) is 8. The molecule has 0 aliphatic rings. The number of amides is 3. The molecule has 0 unspecified atom stereocenters. The molecule has 12 heteroatoms. The zero-order valence-corrected chi connectivity index (χ0v) is 27.3. The van der Waals surface area contributed by atoms with E-state index in [0.29, 0.717) is 5.69 Å². The van der Waals surface area contributed by atoms with Crippen molar-refractivity contribution in [2.75, 3.05) is 22.1 Å². The van der Waals surface area contributed by atoms with E-state index in [2.05, 4.69) is 10.6 Å². The molecule has 3 amide bonds. The fourth-order valence-electron chi connectivity index (χ4n) is 4.39. The smallest absolute Gasteiger partial charge is 0.412 e. The minimum absolute atomic E-state index is 0.0453. The van der Waals surface area contributed by atoms with E-state index in [0.717, 1.165) is 0 Å². The summed E-state index contributed by atoms with van der Waals surface area (Å²) in [4.78, 5) is 52.5. The maximum atomic E-state index is 13.9. The minimum atomic E-state index is -1.25. The van der Waals surface area contributed by atoms with Crippen LogP contribution in [-0.2, 0) is 4.74 Å². The summed E-state index contributed by atoms with van der Waals surface area (Å²) < 4.78 is 16.9. The molecule has 0 fully saturated rings. The van der Waals surface area contributed by atoms with Gasteiger partial charge < -0.3 is 34.6 Å². The monoisotopic (exact) mass is 635 g/mol. The highest BCUT2D eigenvalue weighted by Gasteiger charge is 2.30. The van der Waals surface area contributed by atoms with Gasteiger partial charge in [-0.3, -0.25) is 14.9 Å². The molecule has 3 rings (SSSR count). The van der Waals surface area contributed by atoms with Crippen molar-refractivity contribution in [3.8, 4) is 17.2 Å². The number of benzene rings is 3. The van der Waals surface area contributed by atoms with Crippen LogP contribution in [0, 0.1) is 0 Å². The topological polar surface area (TPSA) is 164 Å². The van der Waals surface area contributed by atoms with Gasteiger partial charge in [0.1, 0.15) is 17.0 Å². The number of aromatic hydroxyl groups is 1. The predicted molar refractivity (Wildman–Crippen MR) is 175 cm³/mol. The van der Waals surface area contributed by atoms with Crippen LogP contribution in [-0.4, -0.2) is 58.4 Å². The number of phenols is 1. The fraction of sp³-hybridized carbons (Fsp3) is 0.353. The SMILES string of the molecule is CCN(C(=O)c1ccc(NC(=O)c2ccc(NC(=O)OC(C)(C)C)cc2)c(OC(C)C)c1O)c1c(OC(C)C)cccc1C(=O)O. The largest absolute Gasteiger partial charge is 0.504 e. The molecule has 12 nitrogen and oxygen atoms in total. The zero-order valence-electron chi connectivity index (χ0n) is 27.3. The van der Waals surface area contributed by atoms with Crippen LogP contribution in [0.1, 0.15) is 86.5 Å². The molecule has 3 aromatic carbocycles. The number of ether oxygens (including phenoxy) is 3. The van der Waals surface area contributed by atoms with Crippen molar-refractivity contribution in [2.24, 2.45) is 0 Å². The van der Waals surface area contributed by atoms with Crippen LogP contribution < -0.4 is 25.0 Å². The van der Waals surface area contributed by atoms with E-state index in [9.17, 15) is 29.4 Å². The minimum Gasteiger partial charge on any atom is -0.504 e. The summed E-state index contributed by atoms with van der Waals surface area (Å²) in [7, 11) is 0. The number of nitrogens with zero attached hydrogens (tertiary/aromatic N) is 1. The number of hydrogen-bond donors (Lipinski definition) is 4. The second kappa shape index (κ2) is 14.7. The lowest BCUT2D eigenvalue weighted by Crippen LogP contribution is -2.33. The number of aromatic carboxylic acids is 1. The van der Waals surface area contributed by atoms with Crippen LogP contribution in [0.3, 0.4) is 0 Å². The Hall–Kier alpha value is -5.26. The average molecular weight is 636 g/mol. The Morgan fingerprint density at radius 1 is 0.848 bits per heavy atom. The molecule has 3 aromatic rings. The van der Waals surface area contributed by atoms with Crippen LogP contribution in [0.5, 0.6) is 17.2 Å². The van der Waals surface area contributed by atoms with Crippen molar-refractivity contribution in [2.45, 2.75) is 73.2 Å². The van der Waals surface area contributed by atoms with Gasteiger partial charge in [0.2, 0.25) is 0 Å². The molecule has 0 spiro atoms. The van der Waals surface area contributed by atoms with Crippen LogP contribution >= 0.6 is 0 Å². The number of rotatable bonds is 11. The molecule has 0 aliphatic heterocycles. The van der Waals surface area contributed by atoms with Gasteiger partial charge in [-0.05, 0) is 104 Å². The summed E-state index contributed by atoms with van der Waals surface area (Å²) in [5.74, 6) is -2.99. The van der Waals surface area contributed by atoms with Gasteiger partial charge in [0, 0.05) is 17.8 Å². The van der Waals surface area contributed by atoms with Gasteiger partial charge in [-0.2, -0.15) is 0 Å². The van der Waals surface area contributed by atoms with E-state index < -0.39 is 41.3 Å². The molecule has 0 saturated carbocycles. The highest BCUT2D eigenvalue weighted by Crippen LogP contribution is 2.41. The summed E-state index contributed by atoms with van der Waals surface area (Å²) in [5.41, 5.74) is -0.196. The molecule has 4 N–H and O–H groups in total. The Balaban J connectivity index is 1.95. The van der Waals surface area contributed by atoms with Crippen LogP contribution in [0.2, 0.25) is 0 Å². The van der Waals surface area contributed by atoms with Crippen molar-refractivity contribution in [1.29, 1.82) is 0 Å². The second-order valence-electron chi connectivity index (χ2n) is 11.8. The van der Waals surface area contributed by atoms with E-state index >= 15 is 0 Å². The lowest BCUT2D eigenvalue weighted by molar-refractivity contribution is 0.0633. The number of carbonyl (C=O) groups is 4. The molecule has 0 aliphatic carbocycles. The second-order valence-corrected chi connectivity index (χ2v) is 11.8. The first-order chi connectivity index (χ1) is 21.5. The van der Waals surface area contributed by atoms with Gasteiger partial charge in [-0.25, -0.2) is 9.59 Å². The summed E-state index contributed by atoms with van der Waals surface area (Å²) in [6, 6.07) is 13.3. The van der Waals surface area contributed by atoms with E-state index in [1.807, 2.05) is 0 Å². The predicted octanol–water partition coefficient (Wildman–Crippen LogP) is 6.93. The summed E-state index contributed by atoms with van der Waals surface area (Å²) >= 11 is 0. The maximum Gasteiger partial charge on any atom is 0.412 e. The molecule has 0 saturated heterocycles. The van der Waals surface area contributed by atoms with E-state index in [1.54, 1.807) is 61.5 Å². The molecule has 0 heterocycles. The zero-order chi connectivity index (χ0) is 34.3. The van der Waals surface area contributed by atoms with E-state index in [4.69, 9.17) is 14.2 Å². The quantitative estimate of drug-likeness (QED) is 0.175. The molecular formula is C34H41N3O9. The highest BCUT2D eigenvalue weighted by atomic mass is 16.6. The van der Waals surface area contributed by atoms with Gasteiger partial charge in [0.15, 0.2) is 11.5 Å². The third-order valence-corrected chi connectivity index (χ3v) is 6.18. The first-order valence-electron chi connectivity index (χ1n) is 14.8. The van der Waals surface area contributed by atoms with E-state index in [1.165, 1.54) is 53.4 Å². The first-order valence-corrected chi connectivity index (χ1v) is 14.8. The van der Waals surface area contributed by atoms with Gasteiger partial charge in [-0.1, -0.05) is 6.07 Å². The normalized spacial score (nSPS) is 11.2. The van der Waals surface area contributed by atoms with Crippen LogP contribution in [0.4, 0.5) is 21.9 Å². The Labute approximate surface area is 268 Å². The van der Waals surface area contributed by atoms with Crippen molar-refractivity contribution in [3.05, 3.63) is 71.3 Å². The van der Waals surface area contributed by atoms with Gasteiger partial charge in [0.25, 0.3) is 11.8 Å². The number of phenolic OH excluding ortho intramolecular Hbond substituents is 1. The molecule has 0 atom stereocenters. The summed E-state index contributed by atoms with van der Waals surface area (Å²) in [6.07, 6.45) is -1.40. The van der Waals surface area contributed by atoms with Gasteiger partial charge in [-0.15, -0.1) is 0 Å². The molecule has 0 bridgehead atoms. The van der Waals surface area contributed by atoms with Gasteiger partial charge >= 0.3 is 12.1 Å². The summed E-state index contributed by atoms with van der Waals surface area (Å²) in [5, 5.41) is 26.5. The Kier molecular flexibility index (Phi) is 11.2. The number of carboxylic acids is 1. The van der Waals surface area contributed by atoms with Crippen LogP contribution in [0.15, 0.2) is 54.6 Å². The Morgan fingerprint density at radius 3 is 2.02 bits per heavy atom. The standard InChI is InChI=1S/C34H41N3O9/c1-9-37(27-23(32(41)42)11-10-12-26(27)44-19(2)3)31(40)24-17-18-25(29(28(24)38)45-20(4)5)36-30(39)21-13-15-22(16-14-21)35-33(43)46-34(6,7)8/h10-20,38H,9H2,1-8H3,(H,35,43)(H,36,39)(H,41,42). The lowest BCUT2D eigenvalue weighted by atomic mass is 10.1. The van der Waals surface area contributed by atoms with Gasteiger partial charge in [0.05, 0.1) is 29.0 Å². The van der Waals surface area contributed by atoms with E-state index in [-0.39, 0.29) is 52.2 Å². The fourth-order valence-corrected chi connectivity index (χ4v) is 4.39. The number of nitrogens with one attached hydrogen (secondary N) is 2. The first kappa shape index (κ1) is 35.2. The molecule has 0 radical (unpaired) electrons. The van der Waals surface area contributed by atoms with Crippen molar-refractivity contribution in [3.63, 3.8) is 0 Å². The van der Waals surface area contributed by atoms with Crippen molar-refractivity contribution < 1.29 is 43.6 Å². The summed E-state index contributed by atoms with van der Waals surface area (Å²) in [6.45, 7) is 13.9. The molecular weight excluding hydrogens is 594 g/mol. The Bertz CT molecular complexity index is 1590. The number of carboxylic acid groups (broad SMARTS) is 1. The number of carbonyl (C=O) groups excluding carboxylic acids is 3. The lowest BCUT2D eigenvalue weighted by Gasteiger charge is -2.27. The number of anilines is 3. The third kappa shape index (κ3) is 8.90.